The van der Waals surface area contributed by atoms with Gasteiger partial charge in [0.25, 0.3) is 0 Å². The SMILES string of the molecule is O=C1SCC[C@H]1NC(=O)[C@H]1C2CCC(CC2)[C@@H]1C(=O)O. The van der Waals surface area contributed by atoms with Gasteiger partial charge in [-0.25, -0.2) is 0 Å². The quantitative estimate of drug-likeness (QED) is 0.819. The van der Waals surface area contributed by atoms with Gasteiger partial charge in [0.15, 0.2) is 0 Å². The van der Waals surface area contributed by atoms with E-state index in [1.54, 1.807) is 0 Å². The molecule has 110 valence electrons. The molecule has 5 nitrogen and oxygen atoms in total. The van der Waals surface area contributed by atoms with Gasteiger partial charge in [0.05, 0.1) is 17.9 Å². The third kappa shape index (κ3) is 2.34. The molecule has 20 heavy (non-hydrogen) atoms. The molecule has 0 aromatic carbocycles. The minimum Gasteiger partial charge on any atom is -0.481 e. The average Bonchev–Trinajstić information content (AvgIpc) is 2.84. The van der Waals surface area contributed by atoms with Crippen molar-refractivity contribution in [3.63, 3.8) is 0 Å². The van der Waals surface area contributed by atoms with E-state index < -0.39 is 23.8 Å². The van der Waals surface area contributed by atoms with Crippen LogP contribution in [0.3, 0.4) is 0 Å². The molecule has 0 unspecified atom stereocenters. The Kier molecular flexibility index (Phi) is 3.75. The highest BCUT2D eigenvalue weighted by molar-refractivity contribution is 8.14. The van der Waals surface area contributed by atoms with Gasteiger partial charge in [-0.2, -0.15) is 0 Å². The number of hydrogen-bond donors (Lipinski definition) is 2. The number of carbonyl (C=O) groups is 3. The second-order valence-corrected chi connectivity index (χ2v) is 7.18. The van der Waals surface area contributed by atoms with E-state index in [1.165, 1.54) is 11.8 Å². The average molecular weight is 297 g/mol. The minimum atomic E-state index is -0.855. The summed E-state index contributed by atoms with van der Waals surface area (Å²) in [7, 11) is 0. The molecule has 0 radical (unpaired) electrons. The number of nitrogens with one attached hydrogen (secondary N) is 1. The fourth-order valence-corrected chi connectivity index (χ4v) is 5.01. The first kappa shape index (κ1) is 13.9. The largest absolute Gasteiger partial charge is 0.481 e. The maximum atomic E-state index is 12.5. The Bertz CT molecular complexity index is 444. The number of rotatable bonds is 3. The molecule has 0 aromatic rings. The van der Waals surface area contributed by atoms with Crippen molar-refractivity contribution in [3.8, 4) is 0 Å². The van der Waals surface area contributed by atoms with Gasteiger partial charge < -0.3 is 10.4 Å². The first-order chi connectivity index (χ1) is 9.58. The van der Waals surface area contributed by atoms with Crippen LogP contribution in [-0.2, 0) is 14.4 Å². The number of hydrogen-bond acceptors (Lipinski definition) is 4. The van der Waals surface area contributed by atoms with Gasteiger partial charge in [-0.05, 0) is 43.9 Å². The summed E-state index contributed by atoms with van der Waals surface area (Å²) in [5.41, 5.74) is 0. The van der Waals surface area contributed by atoms with Crippen LogP contribution in [0.4, 0.5) is 0 Å². The summed E-state index contributed by atoms with van der Waals surface area (Å²) in [6, 6.07) is -0.414. The van der Waals surface area contributed by atoms with Gasteiger partial charge in [0, 0.05) is 5.75 Å². The molecule has 3 aliphatic carbocycles. The summed E-state index contributed by atoms with van der Waals surface area (Å²) in [6.07, 6.45) is 4.39. The fraction of sp³-hybridized carbons (Fsp3) is 0.786. The van der Waals surface area contributed by atoms with Crippen LogP contribution in [0.25, 0.3) is 0 Å². The summed E-state index contributed by atoms with van der Waals surface area (Å²) in [5, 5.41) is 12.2. The van der Waals surface area contributed by atoms with Crippen LogP contribution < -0.4 is 5.32 Å². The van der Waals surface area contributed by atoms with Crippen LogP contribution in [-0.4, -0.2) is 33.9 Å². The zero-order valence-corrected chi connectivity index (χ0v) is 12.0. The lowest BCUT2D eigenvalue weighted by Gasteiger charge is -2.46. The molecule has 1 saturated heterocycles. The standard InChI is InChI=1S/C14H19NO4S/c16-12(15-9-5-6-20-14(9)19)10-7-1-3-8(4-2-7)11(10)13(17)18/h7-11H,1-6H2,(H,15,16)(H,17,18)/t7?,8?,9-,10+,11+/m1/s1. The lowest BCUT2D eigenvalue weighted by molar-refractivity contribution is -0.158. The van der Waals surface area contributed by atoms with E-state index in [2.05, 4.69) is 5.32 Å². The third-order valence-corrected chi connectivity index (χ3v) is 6.07. The van der Waals surface area contributed by atoms with Gasteiger partial charge in [-0.15, -0.1) is 0 Å². The number of carbonyl (C=O) groups excluding carboxylic acids is 2. The molecule has 0 spiro atoms. The van der Waals surface area contributed by atoms with E-state index in [1.807, 2.05) is 0 Å². The van der Waals surface area contributed by atoms with Crippen LogP contribution >= 0.6 is 11.8 Å². The molecule has 2 N–H and O–H groups in total. The van der Waals surface area contributed by atoms with Crippen molar-refractivity contribution in [2.75, 3.05) is 5.75 Å². The first-order valence-electron chi connectivity index (χ1n) is 7.27. The summed E-state index contributed by atoms with van der Waals surface area (Å²) in [6.45, 7) is 0. The van der Waals surface area contributed by atoms with E-state index >= 15 is 0 Å². The first-order valence-corrected chi connectivity index (χ1v) is 8.26. The fourth-order valence-electron chi connectivity index (χ4n) is 4.08. The van der Waals surface area contributed by atoms with Crippen molar-refractivity contribution < 1.29 is 19.5 Å². The van der Waals surface area contributed by atoms with E-state index in [9.17, 15) is 19.5 Å². The summed E-state index contributed by atoms with van der Waals surface area (Å²) < 4.78 is 0. The minimum absolute atomic E-state index is 0.00574. The Morgan fingerprint density at radius 1 is 1.05 bits per heavy atom. The molecule has 4 fully saturated rings. The number of carboxylic acids is 1. The maximum absolute atomic E-state index is 12.5. The normalized spacial score (nSPS) is 39.8. The van der Waals surface area contributed by atoms with Crippen molar-refractivity contribution in [2.24, 2.45) is 23.7 Å². The van der Waals surface area contributed by atoms with Crippen LogP contribution in [0.2, 0.25) is 0 Å². The maximum Gasteiger partial charge on any atom is 0.307 e. The Morgan fingerprint density at radius 3 is 2.15 bits per heavy atom. The molecule has 1 heterocycles. The van der Waals surface area contributed by atoms with Crippen LogP contribution in [0, 0.1) is 23.7 Å². The smallest absolute Gasteiger partial charge is 0.307 e. The zero-order valence-electron chi connectivity index (χ0n) is 11.2. The predicted molar refractivity (Wildman–Crippen MR) is 74.1 cm³/mol. The van der Waals surface area contributed by atoms with Gasteiger partial charge in [0.1, 0.15) is 0 Å². The van der Waals surface area contributed by atoms with Crippen LogP contribution in [0.15, 0.2) is 0 Å². The van der Waals surface area contributed by atoms with Crippen LogP contribution in [0.1, 0.15) is 32.1 Å². The summed E-state index contributed by atoms with van der Waals surface area (Å²) in [4.78, 5) is 35.6. The Balaban J connectivity index is 1.74. The van der Waals surface area contributed by atoms with Crippen molar-refractivity contribution in [2.45, 2.75) is 38.1 Å². The predicted octanol–water partition coefficient (Wildman–Crippen LogP) is 1.27. The highest BCUT2D eigenvalue weighted by atomic mass is 32.2. The number of fused-ring (bicyclic) bond motifs is 3. The summed E-state index contributed by atoms with van der Waals surface area (Å²) in [5.74, 6) is -1.04. The molecule has 3 saturated carbocycles. The molecule has 6 heteroatoms. The molecule has 4 rings (SSSR count). The van der Waals surface area contributed by atoms with Crippen molar-refractivity contribution in [3.05, 3.63) is 0 Å². The molecule has 2 bridgehead atoms. The van der Waals surface area contributed by atoms with Gasteiger partial charge in [0.2, 0.25) is 11.0 Å². The number of aliphatic carboxylic acids is 1. The van der Waals surface area contributed by atoms with E-state index in [0.717, 1.165) is 31.4 Å². The topological polar surface area (TPSA) is 83.5 Å². The second-order valence-electron chi connectivity index (χ2n) is 6.08. The Morgan fingerprint density at radius 2 is 1.65 bits per heavy atom. The van der Waals surface area contributed by atoms with Gasteiger partial charge in [-0.1, -0.05) is 11.8 Å². The van der Waals surface area contributed by atoms with Crippen LogP contribution in [0.5, 0.6) is 0 Å². The third-order valence-electron chi connectivity index (χ3n) is 5.06. The van der Waals surface area contributed by atoms with Crippen molar-refractivity contribution in [1.29, 1.82) is 0 Å². The lowest BCUT2D eigenvalue weighted by atomic mass is 9.58. The summed E-state index contributed by atoms with van der Waals surface area (Å²) >= 11 is 1.25. The number of thioether (sulfide) groups is 1. The Hall–Kier alpha value is -1.04. The number of carboxylic acid groups (broad SMARTS) is 1. The van der Waals surface area contributed by atoms with Crippen molar-refractivity contribution >= 4 is 28.8 Å². The molecular formula is C14H19NO4S. The molecular weight excluding hydrogens is 278 g/mol. The molecule has 3 atom stereocenters. The van der Waals surface area contributed by atoms with E-state index in [0.29, 0.717) is 6.42 Å². The Labute approximate surface area is 121 Å². The van der Waals surface area contributed by atoms with E-state index in [-0.39, 0.29) is 22.9 Å². The molecule has 4 aliphatic rings. The zero-order chi connectivity index (χ0) is 14.3. The van der Waals surface area contributed by atoms with Crippen molar-refractivity contribution in [1.82, 2.24) is 5.32 Å². The monoisotopic (exact) mass is 297 g/mol. The molecule has 1 amide bonds. The second kappa shape index (κ2) is 5.39. The molecule has 1 aliphatic heterocycles. The van der Waals surface area contributed by atoms with Gasteiger partial charge >= 0.3 is 5.97 Å². The van der Waals surface area contributed by atoms with E-state index in [4.69, 9.17) is 0 Å². The molecule has 0 aromatic heterocycles. The highest BCUT2D eigenvalue weighted by Crippen LogP contribution is 2.49. The lowest BCUT2D eigenvalue weighted by Crippen LogP contribution is -2.53. The van der Waals surface area contributed by atoms with Gasteiger partial charge in [-0.3, -0.25) is 14.4 Å². The highest BCUT2D eigenvalue weighted by Gasteiger charge is 2.50. The number of amides is 1.